The third-order valence-corrected chi connectivity index (χ3v) is 3.49. The first kappa shape index (κ1) is 12.1. The van der Waals surface area contributed by atoms with Crippen molar-refractivity contribution in [3.05, 3.63) is 51.2 Å². The van der Waals surface area contributed by atoms with Crippen LogP contribution in [0, 0.1) is 13.8 Å². The maximum absolute atomic E-state index is 9.12. The Morgan fingerprint density at radius 3 is 2.47 bits per heavy atom. The van der Waals surface area contributed by atoms with Gasteiger partial charge in [0.25, 0.3) is 0 Å². The highest BCUT2D eigenvalue weighted by Crippen LogP contribution is 2.26. The molecule has 90 valence electrons. The molecule has 0 unspecified atom stereocenters. The number of thiophene rings is 1. The zero-order valence-corrected chi connectivity index (χ0v) is 10.9. The van der Waals surface area contributed by atoms with Crippen LogP contribution in [-0.4, -0.2) is 5.11 Å². The van der Waals surface area contributed by atoms with E-state index in [4.69, 9.17) is 9.84 Å². The lowest BCUT2D eigenvalue weighted by Gasteiger charge is -2.12. The van der Waals surface area contributed by atoms with Crippen LogP contribution in [0.4, 0.5) is 0 Å². The van der Waals surface area contributed by atoms with Crippen molar-refractivity contribution in [1.82, 2.24) is 0 Å². The van der Waals surface area contributed by atoms with Gasteiger partial charge in [0.15, 0.2) is 0 Å². The molecule has 3 heteroatoms. The van der Waals surface area contributed by atoms with Crippen molar-refractivity contribution in [2.24, 2.45) is 0 Å². The van der Waals surface area contributed by atoms with Gasteiger partial charge in [0.1, 0.15) is 12.4 Å². The van der Waals surface area contributed by atoms with Gasteiger partial charge in [0, 0.05) is 4.88 Å². The lowest BCUT2D eigenvalue weighted by molar-refractivity contribution is 0.280. The Labute approximate surface area is 105 Å². The molecule has 0 spiro atoms. The van der Waals surface area contributed by atoms with E-state index in [0.717, 1.165) is 22.4 Å². The van der Waals surface area contributed by atoms with Crippen molar-refractivity contribution in [1.29, 1.82) is 0 Å². The van der Waals surface area contributed by atoms with Crippen LogP contribution < -0.4 is 4.74 Å². The fraction of sp³-hybridized carbons (Fsp3) is 0.286. The SMILES string of the molecule is Cc1cc(CO)cc(C)c1OCc1cccs1. The van der Waals surface area contributed by atoms with Gasteiger partial charge in [-0.25, -0.2) is 0 Å². The highest BCUT2D eigenvalue weighted by molar-refractivity contribution is 7.09. The van der Waals surface area contributed by atoms with Crippen molar-refractivity contribution in [2.45, 2.75) is 27.1 Å². The smallest absolute Gasteiger partial charge is 0.125 e. The molecule has 0 radical (unpaired) electrons. The number of aryl methyl sites for hydroxylation is 2. The Hall–Kier alpha value is -1.32. The Kier molecular flexibility index (Phi) is 3.82. The molecule has 0 aliphatic heterocycles. The van der Waals surface area contributed by atoms with Crippen LogP contribution in [0.1, 0.15) is 21.6 Å². The predicted octanol–water partition coefficient (Wildman–Crippen LogP) is 3.44. The van der Waals surface area contributed by atoms with Crippen LogP contribution in [0.2, 0.25) is 0 Å². The molecule has 0 bridgehead atoms. The van der Waals surface area contributed by atoms with Crippen molar-refractivity contribution < 1.29 is 9.84 Å². The first-order chi connectivity index (χ1) is 8.20. The summed E-state index contributed by atoms with van der Waals surface area (Å²) in [7, 11) is 0. The monoisotopic (exact) mass is 248 g/mol. The van der Waals surface area contributed by atoms with Crippen LogP contribution in [0.5, 0.6) is 5.75 Å². The van der Waals surface area contributed by atoms with Crippen LogP contribution in [0.25, 0.3) is 0 Å². The molecule has 1 aromatic carbocycles. The summed E-state index contributed by atoms with van der Waals surface area (Å²) in [6.45, 7) is 4.70. The summed E-state index contributed by atoms with van der Waals surface area (Å²) in [6.07, 6.45) is 0. The molecule has 0 fully saturated rings. The number of ether oxygens (including phenoxy) is 1. The average Bonchev–Trinajstić information content (AvgIpc) is 2.80. The van der Waals surface area contributed by atoms with Crippen molar-refractivity contribution in [3.8, 4) is 5.75 Å². The van der Waals surface area contributed by atoms with Crippen molar-refractivity contribution in [3.63, 3.8) is 0 Å². The summed E-state index contributed by atoms with van der Waals surface area (Å²) < 4.78 is 5.84. The normalized spacial score (nSPS) is 10.5. The van der Waals surface area contributed by atoms with Crippen LogP contribution in [0.15, 0.2) is 29.6 Å². The maximum Gasteiger partial charge on any atom is 0.125 e. The molecule has 1 aromatic heterocycles. The second-order valence-corrected chi connectivity index (χ2v) is 5.12. The summed E-state index contributed by atoms with van der Waals surface area (Å²) >= 11 is 1.70. The lowest BCUT2D eigenvalue weighted by Crippen LogP contribution is -1.99. The molecule has 0 aliphatic rings. The molecule has 1 N–H and O–H groups in total. The van der Waals surface area contributed by atoms with Gasteiger partial charge in [-0.05, 0) is 42.0 Å². The second-order valence-electron chi connectivity index (χ2n) is 4.08. The van der Waals surface area contributed by atoms with E-state index in [0.29, 0.717) is 6.61 Å². The molecular formula is C14H16O2S. The lowest BCUT2D eigenvalue weighted by atomic mass is 10.1. The van der Waals surface area contributed by atoms with Gasteiger partial charge in [-0.15, -0.1) is 11.3 Å². The Bertz CT molecular complexity index is 466. The van der Waals surface area contributed by atoms with Crippen molar-refractivity contribution in [2.75, 3.05) is 0 Å². The molecule has 0 atom stereocenters. The van der Waals surface area contributed by atoms with Gasteiger partial charge in [-0.2, -0.15) is 0 Å². The summed E-state index contributed by atoms with van der Waals surface area (Å²) in [5.74, 6) is 0.926. The van der Waals surface area contributed by atoms with Crippen LogP contribution >= 0.6 is 11.3 Å². The highest BCUT2D eigenvalue weighted by Gasteiger charge is 2.06. The number of aliphatic hydroxyl groups excluding tert-OH is 1. The maximum atomic E-state index is 9.12. The summed E-state index contributed by atoms with van der Waals surface area (Å²) in [5, 5.41) is 11.2. The third kappa shape index (κ3) is 2.87. The van der Waals surface area contributed by atoms with Gasteiger partial charge < -0.3 is 9.84 Å². The Morgan fingerprint density at radius 2 is 1.94 bits per heavy atom. The molecule has 2 nitrogen and oxygen atoms in total. The first-order valence-electron chi connectivity index (χ1n) is 5.57. The number of aliphatic hydroxyl groups is 1. The van der Waals surface area contributed by atoms with Gasteiger partial charge in [0.2, 0.25) is 0 Å². The van der Waals surface area contributed by atoms with E-state index in [1.165, 1.54) is 4.88 Å². The molecule has 2 rings (SSSR count). The van der Waals surface area contributed by atoms with Gasteiger partial charge in [0.05, 0.1) is 6.61 Å². The zero-order chi connectivity index (χ0) is 12.3. The number of rotatable bonds is 4. The van der Waals surface area contributed by atoms with Crippen LogP contribution in [-0.2, 0) is 13.2 Å². The molecule has 1 heterocycles. The Balaban J connectivity index is 2.15. The van der Waals surface area contributed by atoms with E-state index in [1.807, 2.05) is 37.4 Å². The molecule has 0 amide bonds. The van der Waals surface area contributed by atoms with Crippen molar-refractivity contribution >= 4 is 11.3 Å². The molecule has 2 aromatic rings. The van der Waals surface area contributed by atoms with Gasteiger partial charge >= 0.3 is 0 Å². The molecule has 0 saturated carbocycles. The molecule has 0 aliphatic carbocycles. The minimum Gasteiger partial charge on any atom is -0.488 e. The second kappa shape index (κ2) is 5.34. The number of hydrogen-bond donors (Lipinski definition) is 1. The third-order valence-electron chi connectivity index (χ3n) is 2.64. The summed E-state index contributed by atoms with van der Waals surface area (Å²) in [5.41, 5.74) is 3.08. The van der Waals surface area contributed by atoms with E-state index < -0.39 is 0 Å². The average molecular weight is 248 g/mol. The van der Waals surface area contributed by atoms with E-state index >= 15 is 0 Å². The number of benzene rings is 1. The standard InChI is InChI=1S/C14H16O2S/c1-10-6-12(8-15)7-11(2)14(10)16-9-13-4-3-5-17-13/h3-7,15H,8-9H2,1-2H3. The largest absolute Gasteiger partial charge is 0.488 e. The van der Waals surface area contributed by atoms with E-state index in [-0.39, 0.29) is 6.61 Å². The minimum atomic E-state index is 0.0763. The highest BCUT2D eigenvalue weighted by atomic mass is 32.1. The van der Waals surface area contributed by atoms with E-state index in [2.05, 4.69) is 6.07 Å². The molecule has 17 heavy (non-hydrogen) atoms. The van der Waals surface area contributed by atoms with Crippen LogP contribution in [0.3, 0.4) is 0 Å². The quantitative estimate of drug-likeness (QED) is 0.898. The predicted molar refractivity (Wildman–Crippen MR) is 70.5 cm³/mol. The molecular weight excluding hydrogens is 232 g/mol. The summed E-state index contributed by atoms with van der Waals surface area (Å²) in [4.78, 5) is 1.22. The first-order valence-corrected chi connectivity index (χ1v) is 6.45. The fourth-order valence-corrected chi connectivity index (χ4v) is 2.51. The Morgan fingerprint density at radius 1 is 1.24 bits per heavy atom. The topological polar surface area (TPSA) is 29.5 Å². The number of hydrogen-bond acceptors (Lipinski definition) is 3. The van der Waals surface area contributed by atoms with Gasteiger partial charge in [-0.3, -0.25) is 0 Å². The van der Waals surface area contributed by atoms with E-state index in [1.54, 1.807) is 11.3 Å². The zero-order valence-electron chi connectivity index (χ0n) is 10.1. The van der Waals surface area contributed by atoms with Gasteiger partial charge in [-0.1, -0.05) is 18.2 Å². The summed E-state index contributed by atoms with van der Waals surface area (Å²) in [6, 6.07) is 8.03. The molecule has 0 saturated heterocycles. The van der Waals surface area contributed by atoms with E-state index in [9.17, 15) is 0 Å². The minimum absolute atomic E-state index is 0.0763. The fourth-order valence-electron chi connectivity index (χ4n) is 1.90.